The lowest BCUT2D eigenvalue weighted by Gasteiger charge is -2.38. The third-order valence-corrected chi connectivity index (χ3v) is 5.13. The lowest BCUT2D eigenvalue weighted by atomic mass is 9.74. The standard InChI is InChI=1S/C18H29NO2/c1-12-8-15-16(10-18(2,3)11-17(15)21-12)19-13-6-5-7-14(9-13)20-4/h8,13-14,16,19H,5-7,9-11H2,1-4H3. The smallest absolute Gasteiger partial charge is 0.109 e. The second-order valence-electron chi connectivity index (χ2n) is 7.72. The number of hydrogen-bond donors (Lipinski definition) is 1. The van der Waals surface area contributed by atoms with E-state index in [1.54, 1.807) is 0 Å². The molecule has 1 N–H and O–H groups in total. The molecular formula is C18H29NO2. The first-order chi connectivity index (χ1) is 9.97. The summed E-state index contributed by atoms with van der Waals surface area (Å²) in [4.78, 5) is 0. The Balaban J connectivity index is 1.75. The molecule has 118 valence electrons. The first-order valence-electron chi connectivity index (χ1n) is 8.35. The minimum atomic E-state index is 0.310. The van der Waals surface area contributed by atoms with Crippen LogP contribution in [0.2, 0.25) is 0 Å². The van der Waals surface area contributed by atoms with Crippen molar-refractivity contribution in [1.82, 2.24) is 5.32 Å². The number of ether oxygens (including phenoxy) is 1. The van der Waals surface area contributed by atoms with E-state index in [1.165, 1.54) is 37.0 Å². The van der Waals surface area contributed by atoms with Gasteiger partial charge in [0, 0.05) is 31.2 Å². The van der Waals surface area contributed by atoms with Crippen LogP contribution in [0.25, 0.3) is 0 Å². The third-order valence-electron chi connectivity index (χ3n) is 5.13. The van der Waals surface area contributed by atoms with E-state index in [9.17, 15) is 0 Å². The van der Waals surface area contributed by atoms with Gasteiger partial charge in [0.2, 0.25) is 0 Å². The highest BCUT2D eigenvalue weighted by molar-refractivity contribution is 5.29. The fourth-order valence-corrected chi connectivity index (χ4v) is 4.13. The lowest BCUT2D eigenvalue weighted by Crippen LogP contribution is -2.42. The Morgan fingerprint density at radius 3 is 2.90 bits per heavy atom. The molecule has 2 aliphatic carbocycles. The molecule has 0 amide bonds. The Morgan fingerprint density at radius 1 is 1.33 bits per heavy atom. The molecule has 0 aromatic carbocycles. The van der Waals surface area contributed by atoms with Crippen LogP contribution >= 0.6 is 0 Å². The van der Waals surface area contributed by atoms with E-state index in [-0.39, 0.29) is 0 Å². The zero-order valence-corrected chi connectivity index (χ0v) is 13.9. The highest BCUT2D eigenvalue weighted by atomic mass is 16.5. The van der Waals surface area contributed by atoms with E-state index in [0.29, 0.717) is 23.6 Å². The van der Waals surface area contributed by atoms with Gasteiger partial charge >= 0.3 is 0 Å². The van der Waals surface area contributed by atoms with Crippen LogP contribution in [0.1, 0.15) is 69.1 Å². The molecule has 0 bridgehead atoms. The van der Waals surface area contributed by atoms with Gasteiger partial charge in [0.1, 0.15) is 11.5 Å². The van der Waals surface area contributed by atoms with Crippen LogP contribution in [-0.4, -0.2) is 19.3 Å². The van der Waals surface area contributed by atoms with Crippen molar-refractivity contribution in [2.75, 3.05) is 7.11 Å². The Labute approximate surface area is 128 Å². The summed E-state index contributed by atoms with van der Waals surface area (Å²) < 4.78 is 11.5. The normalized spacial score (nSPS) is 31.9. The molecular weight excluding hydrogens is 262 g/mol. The maximum Gasteiger partial charge on any atom is 0.109 e. The molecule has 1 aromatic rings. The molecule has 1 fully saturated rings. The molecule has 3 nitrogen and oxygen atoms in total. The van der Waals surface area contributed by atoms with Crippen molar-refractivity contribution in [3.8, 4) is 0 Å². The second kappa shape index (κ2) is 5.77. The van der Waals surface area contributed by atoms with Gasteiger partial charge in [-0.05, 0) is 50.5 Å². The van der Waals surface area contributed by atoms with E-state index >= 15 is 0 Å². The number of nitrogens with one attached hydrogen (secondary N) is 1. The van der Waals surface area contributed by atoms with Crippen molar-refractivity contribution in [2.45, 2.75) is 77.5 Å². The van der Waals surface area contributed by atoms with E-state index in [0.717, 1.165) is 18.6 Å². The zero-order chi connectivity index (χ0) is 15.0. The first-order valence-corrected chi connectivity index (χ1v) is 8.35. The number of rotatable bonds is 3. The van der Waals surface area contributed by atoms with Crippen molar-refractivity contribution in [3.63, 3.8) is 0 Å². The van der Waals surface area contributed by atoms with Gasteiger partial charge in [-0.3, -0.25) is 0 Å². The third kappa shape index (κ3) is 3.35. The average molecular weight is 291 g/mol. The van der Waals surface area contributed by atoms with Crippen LogP contribution in [0, 0.1) is 12.3 Å². The summed E-state index contributed by atoms with van der Waals surface area (Å²) in [5.41, 5.74) is 1.70. The molecule has 0 saturated heterocycles. The molecule has 3 heteroatoms. The van der Waals surface area contributed by atoms with Crippen LogP contribution in [0.5, 0.6) is 0 Å². The fourth-order valence-electron chi connectivity index (χ4n) is 4.13. The zero-order valence-electron chi connectivity index (χ0n) is 13.9. The molecule has 3 rings (SSSR count). The SMILES string of the molecule is COC1CCCC(NC2CC(C)(C)Cc3oc(C)cc32)C1. The predicted molar refractivity (Wildman–Crippen MR) is 84.5 cm³/mol. The van der Waals surface area contributed by atoms with E-state index < -0.39 is 0 Å². The summed E-state index contributed by atoms with van der Waals surface area (Å²) >= 11 is 0. The molecule has 1 heterocycles. The van der Waals surface area contributed by atoms with Gasteiger partial charge in [0.15, 0.2) is 0 Å². The number of furan rings is 1. The Bertz CT molecular complexity index is 491. The van der Waals surface area contributed by atoms with Crippen molar-refractivity contribution in [3.05, 3.63) is 23.2 Å². The molecule has 21 heavy (non-hydrogen) atoms. The summed E-state index contributed by atoms with van der Waals surface area (Å²) in [5.74, 6) is 2.24. The minimum Gasteiger partial charge on any atom is -0.466 e. The summed E-state index contributed by atoms with van der Waals surface area (Å²) in [6.45, 7) is 6.76. The molecule has 0 radical (unpaired) electrons. The molecule has 0 spiro atoms. The predicted octanol–water partition coefficient (Wildman–Crippen LogP) is 4.15. The summed E-state index contributed by atoms with van der Waals surface area (Å²) in [6, 6.07) is 3.24. The van der Waals surface area contributed by atoms with Crippen molar-refractivity contribution in [2.24, 2.45) is 5.41 Å². The van der Waals surface area contributed by atoms with E-state index in [4.69, 9.17) is 9.15 Å². The number of fused-ring (bicyclic) bond motifs is 1. The van der Waals surface area contributed by atoms with E-state index in [2.05, 4.69) is 32.2 Å². The van der Waals surface area contributed by atoms with Crippen LogP contribution in [0.4, 0.5) is 0 Å². The van der Waals surface area contributed by atoms with Crippen molar-refractivity contribution < 1.29 is 9.15 Å². The molecule has 1 saturated carbocycles. The van der Waals surface area contributed by atoms with Gasteiger partial charge in [-0.15, -0.1) is 0 Å². The number of aryl methyl sites for hydroxylation is 1. The largest absolute Gasteiger partial charge is 0.466 e. The van der Waals surface area contributed by atoms with Gasteiger partial charge in [-0.1, -0.05) is 13.8 Å². The van der Waals surface area contributed by atoms with Crippen LogP contribution in [-0.2, 0) is 11.2 Å². The highest BCUT2D eigenvalue weighted by Gasteiger charge is 2.36. The molecule has 2 aliphatic rings. The van der Waals surface area contributed by atoms with Gasteiger partial charge in [0.05, 0.1) is 6.10 Å². The first kappa shape index (κ1) is 15.1. The second-order valence-corrected chi connectivity index (χ2v) is 7.72. The fraction of sp³-hybridized carbons (Fsp3) is 0.778. The monoisotopic (exact) mass is 291 g/mol. The van der Waals surface area contributed by atoms with E-state index in [1.807, 2.05) is 7.11 Å². The summed E-state index contributed by atoms with van der Waals surface area (Å²) in [7, 11) is 1.84. The maximum absolute atomic E-state index is 5.94. The maximum atomic E-state index is 5.94. The minimum absolute atomic E-state index is 0.310. The summed E-state index contributed by atoms with van der Waals surface area (Å²) in [6.07, 6.45) is 7.55. The highest BCUT2D eigenvalue weighted by Crippen LogP contribution is 2.42. The van der Waals surface area contributed by atoms with Gasteiger partial charge in [-0.25, -0.2) is 0 Å². The molecule has 3 atom stereocenters. The van der Waals surface area contributed by atoms with Gasteiger partial charge in [-0.2, -0.15) is 0 Å². The molecule has 1 aromatic heterocycles. The molecule has 3 unspecified atom stereocenters. The number of hydrogen-bond acceptors (Lipinski definition) is 3. The van der Waals surface area contributed by atoms with Crippen molar-refractivity contribution in [1.29, 1.82) is 0 Å². The quantitative estimate of drug-likeness (QED) is 0.908. The van der Waals surface area contributed by atoms with Gasteiger partial charge in [0.25, 0.3) is 0 Å². The average Bonchev–Trinajstić information content (AvgIpc) is 2.78. The topological polar surface area (TPSA) is 34.4 Å². The molecule has 0 aliphatic heterocycles. The Hall–Kier alpha value is -0.800. The Kier molecular flexibility index (Phi) is 4.15. The van der Waals surface area contributed by atoms with Crippen LogP contribution < -0.4 is 5.32 Å². The van der Waals surface area contributed by atoms with Crippen LogP contribution in [0.15, 0.2) is 10.5 Å². The lowest BCUT2D eigenvalue weighted by molar-refractivity contribution is 0.0549. The van der Waals surface area contributed by atoms with Crippen LogP contribution in [0.3, 0.4) is 0 Å². The summed E-state index contributed by atoms with van der Waals surface area (Å²) in [5, 5.41) is 3.91. The Morgan fingerprint density at radius 2 is 2.14 bits per heavy atom. The van der Waals surface area contributed by atoms with Gasteiger partial charge < -0.3 is 14.5 Å². The van der Waals surface area contributed by atoms with Crippen molar-refractivity contribution >= 4 is 0 Å². The number of methoxy groups -OCH3 is 1.